The summed E-state index contributed by atoms with van der Waals surface area (Å²) in [5.74, 6) is 0.859. The zero-order valence-corrected chi connectivity index (χ0v) is 17.3. The van der Waals surface area contributed by atoms with Crippen molar-refractivity contribution in [3.05, 3.63) is 48.4 Å². The number of benzene rings is 1. The van der Waals surface area contributed by atoms with Gasteiger partial charge in [-0.3, -0.25) is 10.1 Å². The summed E-state index contributed by atoms with van der Waals surface area (Å²) in [6, 6.07) is 12.3. The van der Waals surface area contributed by atoms with Crippen LogP contribution in [-0.4, -0.2) is 37.2 Å². The molecule has 3 aromatic rings. The lowest BCUT2D eigenvalue weighted by Gasteiger charge is -2.30. The molecule has 1 aliphatic rings. The van der Waals surface area contributed by atoms with E-state index in [9.17, 15) is 14.9 Å². The third-order valence-electron chi connectivity index (χ3n) is 5.18. The van der Waals surface area contributed by atoms with E-state index >= 15 is 0 Å². The minimum Gasteiger partial charge on any atom is -0.459 e. The first-order chi connectivity index (χ1) is 15.6. The van der Waals surface area contributed by atoms with E-state index < -0.39 is 6.09 Å². The molecular weight excluding hydrogens is 414 g/mol. The number of nitrogens with zero attached hydrogens (tertiary/aromatic N) is 3. The van der Waals surface area contributed by atoms with Crippen molar-refractivity contribution in [3.63, 3.8) is 0 Å². The predicted octanol–water partition coefficient (Wildman–Crippen LogP) is 3.84. The Kier molecular flexibility index (Phi) is 6.07. The molecule has 4 rings (SSSR count). The SMILES string of the molecule is COC(=O)Nc1ccc(NC(=O)C2CCN(c3oc(-c4ccco4)nc3C#N)CC2)cc1. The molecule has 1 fully saturated rings. The Balaban J connectivity index is 1.34. The second-order valence-electron chi connectivity index (χ2n) is 7.21. The van der Waals surface area contributed by atoms with Gasteiger partial charge in [-0.1, -0.05) is 0 Å². The Bertz CT molecular complexity index is 1120. The van der Waals surface area contributed by atoms with Crippen LogP contribution < -0.4 is 15.5 Å². The molecule has 0 aliphatic carbocycles. The van der Waals surface area contributed by atoms with E-state index in [0.29, 0.717) is 49.0 Å². The molecule has 2 N–H and O–H groups in total. The zero-order valence-electron chi connectivity index (χ0n) is 17.3. The fourth-order valence-electron chi connectivity index (χ4n) is 3.50. The van der Waals surface area contributed by atoms with Gasteiger partial charge >= 0.3 is 6.09 Å². The number of piperidine rings is 1. The zero-order chi connectivity index (χ0) is 22.5. The molecule has 0 atom stereocenters. The van der Waals surface area contributed by atoms with E-state index in [1.165, 1.54) is 13.4 Å². The van der Waals surface area contributed by atoms with Crippen LogP contribution in [0.25, 0.3) is 11.7 Å². The van der Waals surface area contributed by atoms with Gasteiger partial charge in [0.05, 0.1) is 13.4 Å². The fraction of sp³-hybridized carbons (Fsp3) is 0.273. The topological polar surface area (TPSA) is 134 Å². The largest absolute Gasteiger partial charge is 0.459 e. The first kappa shape index (κ1) is 21.0. The molecule has 0 unspecified atom stereocenters. The minimum atomic E-state index is -0.559. The van der Waals surface area contributed by atoms with Gasteiger partial charge < -0.3 is 23.8 Å². The molecule has 1 saturated heterocycles. The summed E-state index contributed by atoms with van der Waals surface area (Å²) in [7, 11) is 1.29. The number of methoxy groups -OCH3 is 1. The number of furan rings is 1. The first-order valence-corrected chi connectivity index (χ1v) is 10.0. The third-order valence-corrected chi connectivity index (χ3v) is 5.18. The van der Waals surface area contributed by atoms with Crippen LogP contribution in [-0.2, 0) is 9.53 Å². The Morgan fingerprint density at radius 3 is 2.44 bits per heavy atom. The van der Waals surface area contributed by atoms with Crippen molar-refractivity contribution in [1.82, 2.24) is 4.98 Å². The standard InChI is InChI=1S/C22H21N5O5/c1-30-22(29)25-16-6-4-15(5-7-16)24-19(28)14-8-10-27(11-9-14)21-17(13-23)26-20(32-21)18-3-2-12-31-18/h2-7,12,14H,8-11H2,1H3,(H,24,28)(H,25,29). The molecule has 10 heteroatoms. The van der Waals surface area contributed by atoms with Crippen LogP contribution in [0.3, 0.4) is 0 Å². The Morgan fingerprint density at radius 1 is 1.16 bits per heavy atom. The summed E-state index contributed by atoms with van der Waals surface area (Å²) in [5, 5.41) is 14.9. The van der Waals surface area contributed by atoms with Gasteiger partial charge in [0.2, 0.25) is 17.5 Å². The van der Waals surface area contributed by atoms with E-state index in [0.717, 1.165) is 0 Å². The van der Waals surface area contributed by atoms with E-state index in [2.05, 4.69) is 26.4 Å². The number of hydrogen-bond acceptors (Lipinski definition) is 8. The Labute approximate surface area is 183 Å². The van der Waals surface area contributed by atoms with Gasteiger partial charge in [0.1, 0.15) is 6.07 Å². The number of hydrogen-bond donors (Lipinski definition) is 2. The molecule has 10 nitrogen and oxygen atoms in total. The van der Waals surface area contributed by atoms with Crippen molar-refractivity contribution < 1.29 is 23.2 Å². The van der Waals surface area contributed by atoms with Crippen molar-refractivity contribution in [1.29, 1.82) is 5.26 Å². The summed E-state index contributed by atoms with van der Waals surface area (Å²) < 4.78 is 15.6. The van der Waals surface area contributed by atoms with Gasteiger partial charge in [0, 0.05) is 30.4 Å². The highest BCUT2D eigenvalue weighted by atomic mass is 16.5. The molecule has 1 aromatic carbocycles. The van der Waals surface area contributed by atoms with Crippen LogP contribution >= 0.6 is 0 Å². The average Bonchev–Trinajstić information content (AvgIpc) is 3.50. The number of carbonyl (C=O) groups excluding carboxylic acids is 2. The monoisotopic (exact) mass is 435 g/mol. The molecule has 3 heterocycles. The van der Waals surface area contributed by atoms with Gasteiger partial charge in [-0.25, -0.2) is 4.79 Å². The molecule has 0 spiro atoms. The van der Waals surface area contributed by atoms with Gasteiger partial charge in [-0.2, -0.15) is 10.2 Å². The smallest absolute Gasteiger partial charge is 0.411 e. The number of anilines is 3. The van der Waals surface area contributed by atoms with E-state index in [1.807, 2.05) is 4.90 Å². The van der Waals surface area contributed by atoms with Crippen molar-refractivity contribution in [2.75, 3.05) is 35.7 Å². The molecule has 2 amide bonds. The van der Waals surface area contributed by atoms with Crippen molar-refractivity contribution >= 4 is 29.3 Å². The summed E-state index contributed by atoms with van der Waals surface area (Å²) in [4.78, 5) is 30.1. The summed E-state index contributed by atoms with van der Waals surface area (Å²) in [5.41, 5.74) is 1.40. The highest BCUT2D eigenvalue weighted by molar-refractivity contribution is 5.93. The van der Waals surface area contributed by atoms with Gasteiger partial charge in [0.25, 0.3) is 5.89 Å². The van der Waals surface area contributed by atoms with Crippen LogP contribution in [0, 0.1) is 17.2 Å². The first-order valence-electron chi connectivity index (χ1n) is 10.0. The van der Waals surface area contributed by atoms with Crippen LogP contribution in [0.5, 0.6) is 0 Å². The molecule has 0 bridgehead atoms. The van der Waals surface area contributed by atoms with Crippen molar-refractivity contribution in [3.8, 4) is 17.7 Å². The molecule has 2 aromatic heterocycles. The number of aromatic nitrogens is 1. The molecule has 32 heavy (non-hydrogen) atoms. The number of nitrogens with one attached hydrogen (secondary N) is 2. The van der Waals surface area contributed by atoms with Gasteiger partial charge in [0.15, 0.2) is 5.76 Å². The second kappa shape index (κ2) is 9.26. The van der Waals surface area contributed by atoms with Crippen molar-refractivity contribution in [2.24, 2.45) is 5.92 Å². The summed E-state index contributed by atoms with van der Waals surface area (Å²) in [6.07, 6.45) is 2.17. The summed E-state index contributed by atoms with van der Waals surface area (Å²) >= 11 is 0. The maximum Gasteiger partial charge on any atom is 0.411 e. The number of rotatable bonds is 5. The van der Waals surface area contributed by atoms with Gasteiger partial charge in [-0.05, 0) is 49.2 Å². The van der Waals surface area contributed by atoms with E-state index in [-0.39, 0.29) is 23.4 Å². The fourth-order valence-corrected chi connectivity index (χ4v) is 3.50. The molecule has 0 saturated carbocycles. The third kappa shape index (κ3) is 4.57. The lowest BCUT2D eigenvalue weighted by Crippen LogP contribution is -2.38. The average molecular weight is 435 g/mol. The molecule has 1 aliphatic heterocycles. The number of carbonyl (C=O) groups is 2. The van der Waals surface area contributed by atoms with E-state index in [4.69, 9.17) is 8.83 Å². The molecule has 0 radical (unpaired) electrons. The highest BCUT2D eigenvalue weighted by Crippen LogP contribution is 2.31. The lowest BCUT2D eigenvalue weighted by molar-refractivity contribution is -0.120. The molecule has 164 valence electrons. The summed E-state index contributed by atoms with van der Waals surface area (Å²) in [6.45, 7) is 1.11. The van der Waals surface area contributed by atoms with Gasteiger partial charge in [-0.15, -0.1) is 0 Å². The normalized spacial score (nSPS) is 13.9. The number of oxazole rings is 1. The van der Waals surface area contributed by atoms with Crippen LogP contribution in [0.4, 0.5) is 22.1 Å². The number of ether oxygens (including phenoxy) is 1. The maximum absolute atomic E-state index is 12.7. The molecular formula is C22H21N5O5. The van der Waals surface area contributed by atoms with Crippen LogP contribution in [0.2, 0.25) is 0 Å². The maximum atomic E-state index is 12.7. The van der Waals surface area contributed by atoms with Crippen molar-refractivity contribution in [2.45, 2.75) is 12.8 Å². The highest BCUT2D eigenvalue weighted by Gasteiger charge is 2.29. The van der Waals surface area contributed by atoms with E-state index in [1.54, 1.807) is 36.4 Å². The number of amides is 2. The Morgan fingerprint density at radius 2 is 1.84 bits per heavy atom. The lowest BCUT2D eigenvalue weighted by atomic mass is 9.96. The Hall–Kier alpha value is -4.26. The number of nitriles is 1. The quantitative estimate of drug-likeness (QED) is 0.617. The van der Waals surface area contributed by atoms with Crippen LogP contribution in [0.15, 0.2) is 51.5 Å². The van der Waals surface area contributed by atoms with Crippen LogP contribution in [0.1, 0.15) is 18.5 Å². The second-order valence-corrected chi connectivity index (χ2v) is 7.21. The minimum absolute atomic E-state index is 0.0762. The predicted molar refractivity (Wildman–Crippen MR) is 115 cm³/mol.